The molecular weight excluding hydrogens is 338 g/mol. The Kier molecular flexibility index (Phi) is 6.43. The van der Waals surface area contributed by atoms with Crippen molar-refractivity contribution in [2.75, 3.05) is 11.9 Å². The van der Waals surface area contributed by atoms with E-state index in [-0.39, 0.29) is 0 Å². The van der Waals surface area contributed by atoms with Gasteiger partial charge < -0.3 is 10.1 Å². The summed E-state index contributed by atoms with van der Waals surface area (Å²) < 4.78 is 5.42. The van der Waals surface area contributed by atoms with Gasteiger partial charge in [-0.1, -0.05) is 12.1 Å². The Labute approximate surface area is 149 Å². The van der Waals surface area contributed by atoms with Crippen LogP contribution in [0.15, 0.2) is 35.7 Å². The van der Waals surface area contributed by atoms with Gasteiger partial charge in [0.25, 0.3) is 0 Å². The first-order valence-electron chi connectivity index (χ1n) is 7.61. The third-order valence-electron chi connectivity index (χ3n) is 3.18. The number of carbonyl (C=O) groups is 2. The molecule has 0 aliphatic heterocycles. The molecule has 0 aliphatic carbocycles. The fourth-order valence-electron chi connectivity index (χ4n) is 2.03. The maximum absolute atomic E-state index is 12.3. The molecule has 0 saturated heterocycles. The van der Waals surface area contributed by atoms with Crippen LogP contribution in [-0.2, 0) is 9.59 Å². The van der Waals surface area contributed by atoms with E-state index >= 15 is 0 Å². The molecule has 1 aromatic carbocycles. The SMILES string of the molecule is CCOc1ccccc1NC(=O)C(C#N)C(=O)C=Cc1csc(C)n1. The normalized spacial score (nSPS) is 11.7. The Hall–Kier alpha value is -2.98. The summed E-state index contributed by atoms with van der Waals surface area (Å²) in [4.78, 5) is 28.7. The topological polar surface area (TPSA) is 92.1 Å². The summed E-state index contributed by atoms with van der Waals surface area (Å²) >= 11 is 1.45. The van der Waals surface area contributed by atoms with Gasteiger partial charge in [-0.15, -0.1) is 11.3 Å². The van der Waals surface area contributed by atoms with Crippen molar-refractivity contribution >= 4 is 34.8 Å². The Balaban J connectivity index is 2.09. The molecule has 7 heteroatoms. The minimum absolute atomic E-state index is 0.418. The molecule has 1 unspecified atom stereocenters. The summed E-state index contributed by atoms with van der Waals surface area (Å²) in [6.07, 6.45) is 2.70. The molecule has 128 valence electrons. The van der Waals surface area contributed by atoms with Gasteiger partial charge in [-0.3, -0.25) is 9.59 Å². The van der Waals surface area contributed by atoms with Crippen molar-refractivity contribution in [3.05, 3.63) is 46.4 Å². The van der Waals surface area contributed by atoms with Crippen molar-refractivity contribution in [3.63, 3.8) is 0 Å². The number of ketones is 1. The van der Waals surface area contributed by atoms with Gasteiger partial charge in [0.05, 0.1) is 29.1 Å². The highest BCUT2D eigenvalue weighted by Gasteiger charge is 2.25. The lowest BCUT2D eigenvalue weighted by molar-refractivity contribution is -0.126. The lowest BCUT2D eigenvalue weighted by atomic mass is 10.0. The third kappa shape index (κ3) is 4.99. The fraction of sp³-hybridized carbons (Fsp3) is 0.222. The molecule has 0 saturated carbocycles. The minimum Gasteiger partial charge on any atom is -0.492 e. The second kappa shape index (κ2) is 8.76. The number of nitrogens with one attached hydrogen (secondary N) is 1. The first-order chi connectivity index (χ1) is 12.0. The number of hydrogen-bond donors (Lipinski definition) is 1. The van der Waals surface area contributed by atoms with Gasteiger partial charge in [0.15, 0.2) is 11.7 Å². The molecular formula is C18H17N3O3S. The predicted octanol–water partition coefficient (Wildman–Crippen LogP) is 3.21. The van der Waals surface area contributed by atoms with Crippen LogP contribution in [0.5, 0.6) is 5.75 Å². The Bertz CT molecular complexity index is 836. The number of hydrogen-bond acceptors (Lipinski definition) is 6. The summed E-state index contributed by atoms with van der Waals surface area (Å²) in [6, 6.07) is 8.59. The molecule has 25 heavy (non-hydrogen) atoms. The van der Waals surface area contributed by atoms with Crippen LogP contribution in [0.4, 0.5) is 5.69 Å². The van der Waals surface area contributed by atoms with Crippen LogP contribution in [-0.4, -0.2) is 23.3 Å². The number of nitriles is 1. The highest BCUT2D eigenvalue weighted by atomic mass is 32.1. The van der Waals surface area contributed by atoms with Gasteiger partial charge >= 0.3 is 0 Å². The average Bonchev–Trinajstić information content (AvgIpc) is 3.01. The number of aryl methyl sites for hydroxylation is 1. The van der Waals surface area contributed by atoms with E-state index in [0.717, 1.165) is 5.01 Å². The standard InChI is InChI=1S/C18H17N3O3S/c1-3-24-17-7-5-4-6-15(17)21-18(23)14(10-19)16(22)9-8-13-11-25-12(2)20-13/h4-9,11,14H,3H2,1-2H3,(H,21,23). The lowest BCUT2D eigenvalue weighted by Crippen LogP contribution is -2.27. The van der Waals surface area contributed by atoms with Crippen molar-refractivity contribution < 1.29 is 14.3 Å². The number of anilines is 1. The number of carbonyl (C=O) groups excluding carboxylic acids is 2. The van der Waals surface area contributed by atoms with Crippen molar-refractivity contribution in [2.24, 2.45) is 5.92 Å². The number of para-hydroxylation sites is 2. The lowest BCUT2D eigenvalue weighted by Gasteiger charge is -2.12. The minimum atomic E-state index is -1.44. The van der Waals surface area contributed by atoms with Crippen LogP contribution in [0.25, 0.3) is 6.08 Å². The monoisotopic (exact) mass is 355 g/mol. The van der Waals surface area contributed by atoms with Crippen molar-refractivity contribution in [1.29, 1.82) is 5.26 Å². The molecule has 2 aromatic rings. The highest BCUT2D eigenvalue weighted by Crippen LogP contribution is 2.24. The quantitative estimate of drug-likeness (QED) is 0.608. The van der Waals surface area contributed by atoms with Gasteiger partial charge in [-0.05, 0) is 38.1 Å². The molecule has 0 radical (unpaired) electrons. The van der Waals surface area contributed by atoms with E-state index < -0.39 is 17.6 Å². The van der Waals surface area contributed by atoms with Crippen LogP contribution in [0.1, 0.15) is 17.6 Å². The summed E-state index contributed by atoms with van der Waals surface area (Å²) in [7, 11) is 0. The Morgan fingerprint density at radius 3 is 2.84 bits per heavy atom. The molecule has 6 nitrogen and oxygen atoms in total. The number of rotatable bonds is 7. The number of allylic oxidation sites excluding steroid dienone is 1. The molecule has 1 atom stereocenters. The van der Waals surface area contributed by atoms with Crippen LogP contribution in [0.2, 0.25) is 0 Å². The van der Waals surface area contributed by atoms with Crippen LogP contribution in [0, 0.1) is 24.2 Å². The first kappa shape index (κ1) is 18.4. The summed E-state index contributed by atoms with van der Waals surface area (Å²) in [5, 5.41) is 14.4. The second-order valence-electron chi connectivity index (χ2n) is 5.01. The van der Waals surface area contributed by atoms with Crippen LogP contribution >= 0.6 is 11.3 Å². The predicted molar refractivity (Wildman–Crippen MR) is 96.2 cm³/mol. The Morgan fingerprint density at radius 1 is 1.44 bits per heavy atom. The van der Waals surface area contributed by atoms with Crippen molar-refractivity contribution in [1.82, 2.24) is 4.98 Å². The smallest absolute Gasteiger partial charge is 0.249 e. The van der Waals surface area contributed by atoms with Crippen LogP contribution in [0.3, 0.4) is 0 Å². The fourth-order valence-corrected chi connectivity index (χ4v) is 2.61. The van der Waals surface area contributed by atoms with Gasteiger partial charge in [0, 0.05) is 5.38 Å². The zero-order valence-electron chi connectivity index (χ0n) is 13.9. The molecule has 1 heterocycles. The van der Waals surface area contributed by atoms with E-state index in [0.29, 0.717) is 23.7 Å². The third-order valence-corrected chi connectivity index (χ3v) is 3.97. The summed E-state index contributed by atoms with van der Waals surface area (Å²) in [5.41, 5.74) is 1.04. The van der Waals surface area contributed by atoms with E-state index in [9.17, 15) is 14.9 Å². The number of amides is 1. The molecule has 1 N–H and O–H groups in total. The maximum Gasteiger partial charge on any atom is 0.249 e. The number of benzene rings is 1. The van der Waals surface area contributed by atoms with Gasteiger partial charge in [-0.25, -0.2) is 4.98 Å². The van der Waals surface area contributed by atoms with E-state index in [1.807, 2.05) is 13.8 Å². The Morgan fingerprint density at radius 2 is 2.20 bits per heavy atom. The second-order valence-corrected chi connectivity index (χ2v) is 6.07. The summed E-state index contributed by atoms with van der Waals surface area (Å²) in [5.74, 6) is -2.25. The number of aromatic nitrogens is 1. The largest absolute Gasteiger partial charge is 0.492 e. The van der Waals surface area contributed by atoms with Crippen molar-refractivity contribution in [2.45, 2.75) is 13.8 Å². The zero-order valence-corrected chi connectivity index (χ0v) is 14.7. The van der Waals surface area contributed by atoms with E-state index in [1.54, 1.807) is 35.7 Å². The van der Waals surface area contributed by atoms with Gasteiger partial charge in [0.1, 0.15) is 5.75 Å². The van der Waals surface area contributed by atoms with E-state index in [4.69, 9.17) is 4.74 Å². The van der Waals surface area contributed by atoms with Crippen LogP contribution < -0.4 is 10.1 Å². The average molecular weight is 355 g/mol. The molecule has 0 fully saturated rings. The molecule has 1 amide bonds. The molecule has 0 bridgehead atoms. The van der Waals surface area contributed by atoms with Gasteiger partial charge in [0.2, 0.25) is 5.91 Å². The van der Waals surface area contributed by atoms with E-state index in [2.05, 4.69) is 10.3 Å². The maximum atomic E-state index is 12.3. The van der Waals surface area contributed by atoms with Gasteiger partial charge in [-0.2, -0.15) is 5.26 Å². The van der Waals surface area contributed by atoms with Crippen molar-refractivity contribution in [3.8, 4) is 11.8 Å². The number of ether oxygens (including phenoxy) is 1. The zero-order chi connectivity index (χ0) is 18.2. The molecule has 1 aromatic heterocycles. The molecule has 0 aliphatic rings. The summed E-state index contributed by atoms with van der Waals surface area (Å²) in [6.45, 7) is 4.11. The highest BCUT2D eigenvalue weighted by molar-refractivity contribution is 7.09. The number of nitrogens with zero attached hydrogens (tertiary/aromatic N) is 2. The first-order valence-corrected chi connectivity index (χ1v) is 8.49. The number of thiazole rings is 1. The van der Waals surface area contributed by atoms with E-state index in [1.165, 1.54) is 23.5 Å². The molecule has 2 rings (SSSR count). The molecule has 0 spiro atoms.